The molecule has 0 amide bonds. The first kappa shape index (κ1) is 17.2. The van der Waals surface area contributed by atoms with Gasteiger partial charge in [0, 0.05) is 11.1 Å². The van der Waals surface area contributed by atoms with E-state index < -0.39 is 5.72 Å². The summed E-state index contributed by atoms with van der Waals surface area (Å²) in [4.78, 5) is 17.1. The molecule has 0 fully saturated rings. The molecule has 2 N–H and O–H groups in total. The Morgan fingerprint density at radius 2 is 1.93 bits per heavy atom. The van der Waals surface area contributed by atoms with Crippen molar-refractivity contribution in [1.82, 2.24) is 5.43 Å². The number of nitriles is 1. The molecule has 4 rings (SSSR count). The minimum atomic E-state index is -1.87. The van der Waals surface area contributed by atoms with Crippen LogP contribution in [0.1, 0.15) is 28.4 Å². The Hall–Kier alpha value is -3.21. The topological polar surface area (TPSA) is 97.8 Å². The lowest BCUT2D eigenvalue weighted by Gasteiger charge is -2.26. The summed E-state index contributed by atoms with van der Waals surface area (Å²) < 4.78 is 0. The zero-order valence-electron chi connectivity index (χ0n) is 14.3. The average molecular weight is 374 g/mol. The molecule has 0 radical (unpaired) electrons. The standard InChI is InChI=1S/C20H14N4O2S/c1-12(13-7-3-2-4-8-13)23-24-19-22-20(26)15-10-6-5-9-14(15)18(25)17(20)16(11-21)27-19/h2-10,26H,1H3,(H,22,24)/b23-12+. The number of carbonyl (C=O) groups is 1. The number of thioether (sulfide) groups is 1. The van der Waals surface area contributed by atoms with Crippen LogP contribution in [-0.2, 0) is 5.72 Å². The van der Waals surface area contributed by atoms with Gasteiger partial charge in [0.05, 0.1) is 11.3 Å². The van der Waals surface area contributed by atoms with Crippen molar-refractivity contribution in [3.8, 4) is 6.07 Å². The van der Waals surface area contributed by atoms with E-state index in [-0.39, 0.29) is 21.4 Å². The summed E-state index contributed by atoms with van der Waals surface area (Å²) in [6.45, 7) is 1.84. The van der Waals surface area contributed by atoms with Crippen LogP contribution in [0, 0.1) is 11.3 Å². The predicted molar refractivity (Wildman–Crippen MR) is 104 cm³/mol. The smallest absolute Gasteiger partial charge is 0.218 e. The van der Waals surface area contributed by atoms with E-state index in [1.807, 2.05) is 43.3 Å². The Morgan fingerprint density at radius 3 is 2.67 bits per heavy atom. The van der Waals surface area contributed by atoms with E-state index in [0.717, 1.165) is 23.0 Å². The second kappa shape index (κ2) is 6.50. The molecule has 0 aromatic heterocycles. The van der Waals surface area contributed by atoms with Crippen molar-refractivity contribution in [2.24, 2.45) is 10.1 Å². The average Bonchev–Trinajstić information content (AvgIpc) is 2.94. The van der Waals surface area contributed by atoms with E-state index in [1.165, 1.54) is 0 Å². The number of aliphatic hydroxyl groups is 1. The van der Waals surface area contributed by atoms with Crippen molar-refractivity contribution in [2.45, 2.75) is 12.6 Å². The third kappa shape index (κ3) is 2.76. The molecule has 1 unspecified atom stereocenters. The normalized spacial score (nSPS) is 21.3. The number of Topliss-reactive ketones (excluding diaryl/α,β-unsaturated/α-hetero) is 1. The van der Waals surface area contributed by atoms with Gasteiger partial charge in [-0.25, -0.2) is 4.99 Å². The van der Waals surface area contributed by atoms with Crippen LogP contribution in [0.2, 0.25) is 0 Å². The monoisotopic (exact) mass is 374 g/mol. The molecule has 0 saturated heterocycles. The fourth-order valence-corrected chi connectivity index (χ4v) is 3.96. The molecular weight excluding hydrogens is 360 g/mol. The number of rotatable bonds is 2. The first-order valence-corrected chi connectivity index (χ1v) is 9.01. The molecule has 0 bridgehead atoms. The number of aliphatic imine (C=N–C) groups is 1. The van der Waals surface area contributed by atoms with Crippen LogP contribution in [-0.4, -0.2) is 21.8 Å². The quantitative estimate of drug-likeness (QED) is 0.622. The lowest BCUT2D eigenvalue weighted by molar-refractivity contribution is 0.0807. The van der Waals surface area contributed by atoms with Gasteiger partial charge in [0.2, 0.25) is 5.72 Å². The maximum absolute atomic E-state index is 12.7. The third-order valence-electron chi connectivity index (χ3n) is 4.42. The summed E-state index contributed by atoms with van der Waals surface area (Å²) in [5, 5.41) is 25.2. The summed E-state index contributed by atoms with van der Waals surface area (Å²) in [5.41, 5.74) is 3.34. The second-order valence-electron chi connectivity index (χ2n) is 6.06. The molecule has 2 aromatic rings. The number of nitrogens with one attached hydrogen (secondary N) is 1. The number of hydrazone groups is 1. The molecule has 0 spiro atoms. The van der Waals surface area contributed by atoms with E-state index >= 15 is 0 Å². The van der Waals surface area contributed by atoms with Gasteiger partial charge in [-0.05, 0) is 24.2 Å². The Labute approximate surface area is 159 Å². The van der Waals surface area contributed by atoms with Crippen molar-refractivity contribution in [1.29, 1.82) is 5.26 Å². The van der Waals surface area contributed by atoms with E-state index in [2.05, 4.69) is 15.5 Å². The highest BCUT2D eigenvalue weighted by Gasteiger charge is 2.51. The summed E-state index contributed by atoms with van der Waals surface area (Å²) in [6.07, 6.45) is 0. The number of amidine groups is 1. The lowest BCUT2D eigenvalue weighted by Crippen LogP contribution is -2.32. The van der Waals surface area contributed by atoms with Crippen molar-refractivity contribution >= 4 is 28.4 Å². The molecule has 1 heterocycles. The minimum Gasteiger partial charge on any atom is -0.362 e. The maximum Gasteiger partial charge on any atom is 0.218 e. The Morgan fingerprint density at radius 1 is 1.22 bits per heavy atom. The van der Waals surface area contributed by atoms with Gasteiger partial charge < -0.3 is 5.11 Å². The SMILES string of the molecule is C/C(=N\NC1=NC2(O)C(=C(C#N)S1)C(=O)c1ccccc12)c1ccccc1. The highest BCUT2D eigenvalue weighted by atomic mass is 32.2. The number of fused-ring (bicyclic) bond motifs is 3. The molecule has 1 aliphatic heterocycles. The van der Waals surface area contributed by atoms with Crippen LogP contribution in [0.25, 0.3) is 0 Å². The van der Waals surface area contributed by atoms with E-state index in [9.17, 15) is 15.2 Å². The first-order valence-electron chi connectivity index (χ1n) is 8.19. The van der Waals surface area contributed by atoms with Crippen molar-refractivity contribution < 1.29 is 9.90 Å². The number of ketones is 1. The van der Waals surface area contributed by atoms with Gasteiger partial charge in [0.15, 0.2) is 11.0 Å². The highest BCUT2D eigenvalue weighted by Crippen LogP contribution is 2.48. The summed E-state index contributed by atoms with van der Waals surface area (Å²) >= 11 is 0.987. The molecule has 1 atom stereocenters. The van der Waals surface area contributed by atoms with Gasteiger partial charge in [-0.2, -0.15) is 10.4 Å². The predicted octanol–water partition coefficient (Wildman–Crippen LogP) is 2.92. The number of allylic oxidation sites excluding steroid dienone is 1. The van der Waals surface area contributed by atoms with Crippen LogP contribution >= 0.6 is 11.8 Å². The number of benzene rings is 2. The zero-order chi connectivity index (χ0) is 19.0. The molecule has 2 aromatic carbocycles. The van der Waals surface area contributed by atoms with Gasteiger partial charge in [-0.15, -0.1) is 0 Å². The van der Waals surface area contributed by atoms with Crippen molar-refractivity contribution in [2.75, 3.05) is 0 Å². The highest BCUT2D eigenvalue weighted by molar-refractivity contribution is 8.17. The van der Waals surface area contributed by atoms with Crippen LogP contribution in [0.5, 0.6) is 0 Å². The molecule has 1 aliphatic carbocycles. The van der Waals surface area contributed by atoms with E-state index in [1.54, 1.807) is 24.3 Å². The van der Waals surface area contributed by atoms with Gasteiger partial charge in [-0.3, -0.25) is 10.2 Å². The third-order valence-corrected chi connectivity index (χ3v) is 5.30. The number of nitrogens with zero attached hydrogens (tertiary/aromatic N) is 3. The van der Waals surface area contributed by atoms with Crippen molar-refractivity contribution in [3.05, 3.63) is 81.8 Å². The van der Waals surface area contributed by atoms with Gasteiger partial charge >= 0.3 is 0 Å². The van der Waals surface area contributed by atoms with Crippen molar-refractivity contribution in [3.63, 3.8) is 0 Å². The largest absolute Gasteiger partial charge is 0.362 e. The molecule has 7 heteroatoms. The number of hydrogen-bond donors (Lipinski definition) is 2. The fourth-order valence-electron chi connectivity index (χ4n) is 3.11. The number of hydrogen-bond acceptors (Lipinski definition) is 7. The zero-order valence-corrected chi connectivity index (χ0v) is 15.1. The van der Waals surface area contributed by atoms with Gasteiger partial charge in [-0.1, -0.05) is 54.6 Å². The Bertz CT molecular complexity index is 1080. The summed E-state index contributed by atoms with van der Waals surface area (Å²) in [7, 11) is 0. The van der Waals surface area contributed by atoms with Crippen LogP contribution < -0.4 is 5.43 Å². The molecule has 6 nitrogen and oxygen atoms in total. The second-order valence-corrected chi connectivity index (χ2v) is 7.06. The number of carbonyl (C=O) groups excluding carboxylic acids is 1. The van der Waals surface area contributed by atoms with Crippen LogP contribution in [0.4, 0.5) is 0 Å². The fraction of sp³-hybridized carbons (Fsp3) is 0.100. The molecule has 27 heavy (non-hydrogen) atoms. The lowest BCUT2D eigenvalue weighted by atomic mass is 10.0. The van der Waals surface area contributed by atoms with Crippen LogP contribution in [0.3, 0.4) is 0 Å². The first-order chi connectivity index (χ1) is 13.0. The van der Waals surface area contributed by atoms with Gasteiger partial charge in [0.1, 0.15) is 11.0 Å². The summed E-state index contributed by atoms with van der Waals surface area (Å²) in [5.74, 6) is -0.371. The molecule has 2 aliphatic rings. The Balaban J connectivity index is 1.72. The molecule has 0 saturated carbocycles. The molecule has 132 valence electrons. The minimum absolute atomic E-state index is 0.00510. The van der Waals surface area contributed by atoms with E-state index in [4.69, 9.17) is 0 Å². The van der Waals surface area contributed by atoms with Gasteiger partial charge in [0.25, 0.3) is 0 Å². The van der Waals surface area contributed by atoms with E-state index in [0.29, 0.717) is 11.1 Å². The summed E-state index contributed by atoms with van der Waals surface area (Å²) in [6, 6.07) is 18.3. The molecular formula is C20H14N4O2S. The maximum atomic E-state index is 12.7. The van der Waals surface area contributed by atoms with Crippen LogP contribution in [0.15, 0.2) is 75.2 Å². The Kier molecular flexibility index (Phi) is 4.15.